The van der Waals surface area contributed by atoms with Crippen LogP contribution in [0.15, 0.2) is 30.5 Å². The molecule has 0 radical (unpaired) electrons. The van der Waals surface area contributed by atoms with Gasteiger partial charge in [0, 0.05) is 38.3 Å². The summed E-state index contributed by atoms with van der Waals surface area (Å²) < 4.78 is 1.72. The molecule has 1 aliphatic rings. The average molecular weight is 357 g/mol. The van der Waals surface area contributed by atoms with Gasteiger partial charge in [-0.15, -0.1) is 0 Å². The van der Waals surface area contributed by atoms with Crippen molar-refractivity contribution >= 4 is 11.6 Å². The number of piperazine rings is 1. The highest BCUT2D eigenvalue weighted by atomic mass is 16.6. The summed E-state index contributed by atoms with van der Waals surface area (Å²) in [6.45, 7) is 5.21. The molecule has 0 aliphatic carbocycles. The lowest BCUT2D eigenvalue weighted by Gasteiger charge is -2.32. The Labute approximate surface area is 152 Å². The number of carbonyl (C=O) groups is 1. The molecule has 0 bridgehead atoms. The molecule has 1 fully saturated rings. The van der Waals surface area contributed by atoms with E-state index in [0.717, 1.165) is 30.9 Å². The van der Waals surface area contributed by atoms with E-state index in [1.54, 1.807) is 23.0 Å². The van der Waals surface area contributed by atoms with E-state index in [0.29, 0.717) is 25.1 Å². The van der Waals surface area contributed by atoms with Gasteiger partial charge in [0.15, 0.2) is 0 Å². The molecular formula is C18H23N5O3. The molecule has 8 heteroatoms. The molecule has 1 aromatic carbocycles. The van der Waals surface area contributed by atoms with E-state index < -0.39 is 4.92 Å². The van der Waals surface area contributed by atoms with Crippen molar-refractivity contribution in [1.82, 2.24) is 19.6 Å². The number of nitrogens with zero attached hydrogens (tertiary/aromatic N) is 5. The summed E-state index contributed by atoms with van der Waals surface area (Å²) in [4.78, 5) is 27.4. The third kappa shape index (κ3) is 3.60. The Morgan fingerprint density at radius 2 is 1.85 bits per heavy atom. The van der Waals surface area contributed by atoms with Crippen LogP contribution in [-0.4, -0.2) is 63.6 Å². The van der Waals surface area contributed by atoms with Crippen LogP contribution >= 0.6 is 0 Å². The molecule has 0 unspecified atom stereocenters. The normalized spacial score (nSPS) is 15.2. The fourth-order valence-corrected chi connectivity index (χ4v) is 3.15. The van der Waals surface area contributed by atoms with Crippen LogP contribution in [0.5, 0.6) is 0 Å². The highest BCUT2D eigenvalue weighted by Gasteiger charge is 2.25. The molecule has 2 heterocycles. The Morgan fingerprint density at radius 3 is 2.42 bits per heavy atom. The lowest BCUT2D eigenvalue weighted by atomic mass is 10.1. The smallest absolute Gasteiger partial charge is 0.269 e. The van der Waals surface area contributed by atoms with Crippen LogP contribution < -0.4 is 0 Å². The topological polar surface area (TPSA) is 84.5 Å². The fourth-order valence-electron chi connectivity index (χ4n) is 3.15. The Hall–Kier alpha value is -2.74. The summed E-state index contributed by atoms with van der Waals surface area (Å²) in [6.07, 6.45) is 3.21. The van der Waals surface area contributed by atoms with Gasteiger partial charge in [0.1, 0.15) is 0 Å². The molecule has 0 atom stereocenters. The van der Waals surface area contributed by atoms with Crippen molar-refractivity contribution in [3.05, 3.63) is 51.8 Å². The molecule has 138 valence electrons. The van der Waals surface area contributed by atoms with E-state index in [9.17, 15) is 14.9 Å². The van der Waals surface area contributed by atoms with Crippen LogP contribution in [-0.2, 0) is 6.42 Å². The minimum absolute atomic E-state index is 0.00899. The van der Waals surface area contributed by atoms with Gasteiger partial charge >= 0.3 is 0 Å². The van der Waals surface area contributed by atoms with E-state index >= 15 is 0 Å². The number of rotatable bonds is 5. The number of hydrogen-bond acceptors (Lipinski definition) is 5. The molecule has 1 saturated heterocycles. The molecule has 1 aliphatic heterocycles. The third-order valence-electron chi connectivity index (χ3n) is 4.68. The van der Waals surface area contributed by atoms with Crippen LogP contribution in [0.3, 0.4) is 0 Å². The molecule has 0 spiro atoms. The second-order valence-electron chi connectivity index (χ2n) is 6.54. The summed E-state index contributed by atoms with van der Waals surface area (Å²) >= 11 is 0. The van der Waals surface area contributed by atoms with Crippen molar-refractivity contribution in [2.45, 2.75) is 19.8 Å². The zero-order chi connectivity index (χ0) is 18.7. The van der Waals surface area contributed by atoms with E-state index in [4.69, 9.17) is 0 Å². The van der Waals surface area contributed by atoms with E-state index in [1.807, 2.05) is 4.90 Å². The predicted molar refractivity (Wildman–Crippen MR) is 97.6 cm³/mol. The Morgan fingerprint density at radius 1 is 1.19 bits per heavy atom. The summed E-state index contributed by atoms with van der Waals surface area (Å²) in [5.41, 5.74) is 2.23. The highest BCUT2D eigenvalue weighted by molar-refractivity contribution is 5.95. The molecule has 26 heavy (non-hydrogen) atoms. The van der Waals surface area contributed by atoms with E-state index in [1.165, 1.54) is 12.1 Å². The van der Waals surface area contributed by atoms with E-state index in [-0.39, 0.29) is 11.6 Å². The summed E-state index contributed by atoms with van der Waals surface area (Å²) in [5.74, 6) is 0.00899. The summed E-state index contributed by atoms with van der Waals surface area (Å²) in [6, 6.07) is 6.23. The van der Waals surface area contributed by atoms with E-state index in [2.05, 4.69) is 24.0 Å². The Kier molecular flexibility index (Phi) is 5.32. The minimum Gasteiger partial charge on any atom is -0.336 e. The average Bonchev–Trinajstić information content (AvgIpc) is 3.06. The maximum absolute atomic E-state index is 13.0. The first-order valence-corrected chi connectivity index (χ1v) is 8.80. The van der Waals surface area contributed by atoms with Gasteiger partial charge in [0.2, 0.25) is 0 Å². The monoisotopic (exact) mass is 357 g/mol. The molecule has 2 aromatic rings. The standard InChI is InChI=1S/C18H23N5O3/c1-3-4-17-16(18(24)21-11-9-20(2)10-12-21)13-19-22(17)14-5-7-15(8-6-14)23(25)26/h5-8,13H,3-4,9-12H2,1-2H3. The van der Waals surface area contributed by atoms with Gasteiger partial charge in [-0.3, -0.25) is 14.9 Å². The van der Waals surface area contributed by atoms with Crippen LogP contribution in [0.1, 0.15) is 29.4 Å². The van der Waals surface area contributed by atoms with Crippen LogP contribution in [0.25, 0.3) is 5.69 Å². The molecule has 8 nitrogen and oxygen atoms in total. The Balaban J connectivity index is 1.90. The first-order valence-electron chi connectivity index (χ1n) is 8.80. The molecular weight excluding hydrogens is 334 g/mol. The second-order valence-corrected chi connectivity index (χ2v) is 6.54. The lowest BCUT2D eigenvalue weighted by molar-refractivity contribution is -0.384. The first kappa shape index (κ1) is 18.1. The van der Waals surface area contributed by atoms with Crippen molar-refractivity contribution in [3.8, 4) is 5.69 Å². The van der Waals surface area contributed by atoms with Crippen molar-refractivity contribution in [1.29, 1.82) is 0 Å². The SMILES string of the molecule is CCCc1c(C(=O)N2CCN(C)CC2)cnn1-c1ccc([N+](=O)[O-])cc1. The second kappa shape index (κ2) is 7.65. The summed E-state index contributed by atoms with van der Waals surface area (Å²) in [7, 11) is 2.05. The molecule has 0 N–H and O–H groups in total. The Bertz CT molecular complexity index is 792. The van der Waals surface area contributed by atoms with Crippen molar-refractivity contribution < 1.29 is 9.72 Å². The largest absolute Gasteiger partial charge is 0.336 e. The van der Waals surface area contributed by atoms with Gasteiger partial charge in [-0.2, -0.15) is 5.10 Å². The lowest BCUT2D eigenvalue weighted by Crippen LogP contribution is -2.47. The quantitative estimate of drug-likeness (QED) is 0.604. The minimum atomic E-state index is -0.428. The zero-order valence-electron chi connectivity index (χ0n) is 15.1. The number of benzene rings is 1. The van der Waals surface area contributed by atoms with Crippen molar-refractivity contribution in [3.63, 3.8) is 0 Å². The number of aromatic nitrogens is 2. The molecule has 1 amide bonds. The number of amides is 1. The third-order valence-corrected chi connectivity index (χ3v) is 4.68. The van der Waals surface area contributed by atoms with Crippen LogP contribution in [0.2, 0.25) is 0 Å². The maximum atomic E-state index is 13.0. The number of non-ortho nitro benzene ring substituents is 1. The highest BCUT2D eigenvalue weighted by Crippen LogP contribution is 2.21. The van der Waals surface area contributed by atoms with Gasteiger partial charge in [0.25, 0.3) is 11.6 Å². The van der Waals surface area contributed by atoms with Crippen LogP contribution in [0, 0.1) is 10.1 Å². The number of nitro benzene ring substituents is 1. The molecule has 0 saturated carbocycles. The fraction of sp³-hybridized carbons (Fsp3) is 0.444. The maximum Gasteiger partial charge on any atom is 0.269 e. The van der Waals surface area contributed by atoms with Crippen molar-refractivity contribution in [2.75, 3.05) is 33.2 Å². The molecule has 1 aromatic heterocycles. The van der Waals surface area contributed by atoms with Gasteiger partial charge in [-0.25, -0.2) is 4.68 Å². The van der Waals surface area contributed by atoms with Gasteiger partial charge in [-0.1, -0.05) is 13.3 Å². The molecule has 3 rings (SSSR count). The zero-order valence-corrected chi connectivity index (χ0v) is 15.1. The number of hydrogen-bond donors (Lipinski definition) is 0. The first-order chi connectivity index (χ1) is 12.5. The predicted octanol–water partition coefficient (Wildman–Crippen LogP) is 2.12. The number of nitro groups is 1. The van der Waals surface area contributed by atoms with Gasteiger partial charge in [-0.05, 0) is 25.6 Å². The van der Waals surface area contributed by atoms with Gasteiger partial charge < -0.3 is 9.80 Å². The number of likely N-dealkylation sites (N-methyl/N-ethyl adjacent to an activating group) is 1. The van der Waals surface area contributed by atoms with Crippen molar-refractivity contribution in [2.24, 2.45) is 0 Å². The van der Waals surface area contributed by atoms with Gasteiger partial charge in [0.05, 0.1) is 28.1 Å². The number of carbonyl (C=O) groups excluding carboxylic acids is 1. The van der Waals surface area contributed by atoms with Crippen LogP contribution in [0.4, 0.5) is 5.69 Å². The summed E-state index contributed by atoms with van der Waals surface area (Å²) in [5, 5.41) is 15.2.